The molecule has 1 heterocycles. The topological polar surface area (TPSA) is 94.9 Å². The smallest absolute Gasteiger partial charge is 0.303 e. The first kappa shape index (κ1) is 20.3. The van der Waals surface area contributed by atoms with Crippen LogP contribution in [0, 0.1) is 0 Å². The lowest BCUT2D eigenvalue weighted by atomic mass is 9.95. The number of Topliss-reactive ketones (excluding diaryl/α,β-unsaturated/α-hetero) is 1. The number of carboxylic acid groups (broad SMARTS) is 1. The van der Waals surface area contributed by atoms with E-state index in [2.05, 4.69) is 0 Å². The van der Waals surface area contributed by atoms with Crippen LogP contribution in [-0.4, -0.2) is 39.3 Å². The molecule has 2 aromatic rings. The molecule has 0 spiro atoms. The summed E-state index contributed by atoms with van der Waals surface area (Å²) >= 11 is 0. The zero-order valence-electron chi connectivity index (χ0n) is 16.0. The van der Waals surface area contributed by atoms with Crippen LogP contribution in [0.2, 0.25) is 0 Å². The normalized spacial score (nSPS) is 18.2. The molecule has 2 N–H and O–H groups in total. The molecule has 0 aliphatic carbocycles. The molecular weight excluding hydrogens is 370 g/mol. The SMILES string of the molecule is O=C(O)CCCCCN1C(=O)C(=O)/C(=C(/O)c2ccccc2)[C@H]1c1ccccc1. The molecule has 0 saturated carbocycles. The average molecular weight is 393 g/mol. The number of aliphatic hydroxyl groups excluding tert-OH is 1. The van der Waals surface area contributed by atoms with Crippen molar-refractivity contribution in [1.82, 2.24) is 4.90 Å². The average Bonchev–Trinajstić information content (AvgIpc) is 2.99. The number of carboxylic acids is 1. The molecule has 6 heteroatoms. The molecule has 6 nitrogen and oxygen atoms in total. The van der Waals surface area contributed by atoms with E-state index < -0.39 is 23.7 Å². The van der Waals surface area contributed by atoms with E-state index in [0.717, 1.165) is 5.56 Å². The van der Waals surface area contributed by atoms with E-state index in [9.17, 15) is 19.5 Å². The van der Waals surface area contributed by atoms with Crippen LogP contribution in [0.25, 0.3) is 5.76 Å². The van der Waals surface area contributed by atoms with Crippen molar-refractivity contribution in [3.05, 3.63) is 77.4 Å². The fraction of sp³-hybridized carbons (Fsp3) is 0.261. The second kappa shape index (κ2) is 9.19. The molecule has 1 fully saturated rings. The Kier molecular flexibility index (Phi) is 6.44. The Morgan fingerprint density at radius 3 is 2.10 bits per heavy atom. The van der Waals surface area contributed by atoms with Gasteiger partial charge in [0, 0.05) is 18.5 Å². The minimum atomic E-state index is -0.849. The predicted molar refractivity (Wildman–Crippen MR) is 108 cm³/mol. The number of rotatable bonds is 8. The maximum Gasteiger partial charge on any atom is 0.303 e. The van der Waals surface area contributed by atoms with Crippen LogP contribution in [0.3, 0.4) is 0 Å². The Hall–Kier alpha value is -3.41. The molecule has 1 saturated heterocycles. The van der Waals surface area contributed by atoms with Crippen molar-refractivity contribution in [3.8, 4) is 0 Å². The van der Waals surface area contributed by atoms with Gasteiger partial charge < -0.3 is 15.1 Å². The van der Waals surface area contributed by atoms with E-state index in [1.54, 1.807) is 30.3 Å². The van der Waals surface area contributed by atoms with Crippen molar-refractivity contribution in [3.63, 3.8) is 0 Å². The summed E-state index contributed by atoms with van der Waals surface area (Å²) in [6.07, 6.45) is 1.80. The van der Waals surface area contributed by atoms with Crippen molar-refractivity contribution in [1.29, 1.82) is 0 Å². The molecule has 29 heavy (non-hydrogen) atoms. The van der Waals surface area contributed by atoms with Gasteiger partial charge in [-0.25, -0.2) is 0 Å². The second-order valence-corrected chi connectivity index (χ2v) is 6.97. The van der Waals surface area contributed by atoms with Crippen molar-refractivity contribution in [2.45, 2.75) is 31.7 Å². The number of aliphatic carboxylic acids is 1. The summed E-state index contributed by atoms with van der Waals surface area (Å²) in [5, 5.41) is 19.6. The molecule has 150 valence electrons. The Balaban J connectivity index is 1.93. The number of amides is 1. The van der Waals surface area contributed by atoms with Crippen LogP contribution in [0.15, 0.2) is 66.2 Å². The zero-order chi connectivity index (χ0) is 20.8. The molecule has 1 aliphatic heterocycles. The molecule has 0 aromatic heterocycles. The van der Waals surface area contributed by atoms with Crippen molar-refractivity contribution >= 4 is 23.4 Å². The summed E-state index contributed by atoms with van der Waals surface area (Å²) in [5.74, 6) is -2.39. The van der Waals surface area contributed by atoms with Crippen molar-refractivity contribution in [2.24, 2.45) is 0 Å². The lowest BCUT2D eigenvalue weighted by Crippen LogP contribution is -2.30. The lowest BCUT2D eigenvalue weighted by molar-refractivity contribution is -0.140. The van der Waals surface area contributed by atoms with Crippen LogP contribution in [0.1, 0.15) is 42.9 Å². The number of hydrogen-bond donors (Lipinski definition) is 2. The molecule has 3 rings (SSSR count). The third kappa shape index (κ3) is 4.54. The minimum Gasteiger partial charge on any atom is -0.507 e. The van der Waals surface area contributed by atoms with Crippen LogP contribution < -0.4 is 0 Å². The summed E-state index contributed by atoms with van der Waals surface area (Å²) in [5.41, 5.74) is 1.31. The number of likely N-dealkylation sites (tertiary alicyclic amines) is 1. The fourth-order valence-electron chi connectivity index (χ4n) is 3.58. The molecule has 1 atom stereocenters. The summed E-state index contributed by atoms with van der Waals surface area (Å²) in [6, 6.07) is 17.2. The summed E-state index contributed by atoms with van der Waals surface area (Å²) < 4.78 is 0. The monoisotopic (exact) mass is 393 g/mol. The highest BCUT2D eigenvalue weighted by Crippen LogP contribution is 2.39. The second-order valence-electron chi connectivity index (χ2n) is 6.97. The number of nitrogens with zero attached hydrogens (tertiary/aromatic N) is 1. The van der Waals surface area contributed by atoms with E-state index in [4.69, 9.17) is 5.11 Å². The van der Waals surface area contributed by atoms with Crippen LogP contribution >= 0.6 is 0 Å². The summed E-state index contributed by atoms with van der Waals surface area (Å²) in [4.78, 5) is 37.7. The lowest BCUT2D eigenvalue weighted by Gasteiger charge is -2.25. The highest BCUT2D eigenvalue weighted by Gasteiger charge is 2.45. The maximum atomic E-state index is 12.8. The number of benzene rings is 2. The van der Waals surface area contributed by atoms with Gasteiger partial charge in [0.15, 0.2) is 0 Å². The number of aliphatic hydroxyl groups is 1. The molecule has 1 aliphatic rings. The number of hydrogen-bond acceptors (Lipinski definition) is 4. The standard InChI is InChI=1S/C23H23NO5/c25-18(26)14-8-3-9-15-24-20(16-10-4-1-5-11-16)19(22(28)23(24)29)21(27)17-12-6-2-7-13-17/h1-2,4-7,10-13,20,27H,3,8-9,14-15H2,(H,25,26)/b21-19+/t20-/m1/s1. The Morgan fingerprint density at radius 1 is 0.862 bits per heavy atom. The van der Waals surface area contributed by atoms with E-state index in [-0.39, 0.29) is 17.8 Å². The van der Waals surface area contributed by atoms with E-state index in [0.29, 0.717) is 31.4 Å². The third-order valence-corrected chi connectivity index (χ3v) is 4.99. The minimum absolute atomic E-state index is 0.0783. The Labute approximate surface area is 169 Å². The van der Waals surface area contributed by atoms with Gasteiger partial charge in [0.1, 0.15) is 5.76 Å². The molecular formula is C23H23NO5. The first-order valence-electron chi connectivity index (χ1n) is 9.61. The first-order valence-corrected chi connectivity index (χ1v) is 9.61. The van der Waals surface area contributed by atoms with Gasteiger partial charge >= 0.3 is 5.97 Å². The molecule has 0 unspecified atom stereocenters. The highest BCUT2D eigenvalue weighted by atomic mass is 16.4. The predicted octanol–water partition coefficient (Wildman–Crippen LogP) is 3.75. The van der Waals surface area contributed by atoms with Gasteiger partial charge in [-0.15, -0.1) is 0 Å². The van der Waals surface area contributed by atoms with Gasteiger partial charge in [-0.2, -0.15) is 0 Å². The fourth-order valence-corrected chi connectivity index (χ4v) is 3.58. The van der Waals surface area contributed by atoms with Gasteiger partial charge in [-0.05, 0) is 18.4 Å². The first-order chi connectivity index (χ1) is 14.0. The summed E-state index contributed by atoms with van der Waals surface area (Å²) in [6.45, 7) is 0.315. The Morgan fingerprint density at radius 2 is 1.48 bits per heavy atom. The van der Waals surface area contributed by atoms with Crippen LogP contribution in [0.5, 0.6) is 0 Å². The highest BCUT2D eigenvalue weighted by molar-refractivity contribution is 6.46. The largest absolute Gasteiger partial charge is 0.507 e. The van der Waals surface area contributed by atoms with E-state index in [1.807, 2.05) is 30.3 Å². The third-order valence-electron chi connectivity index (χ3n) is 4.99. The maximum absolute atomic E-state index is 12.8. The number of ketones is 1. The van der Waals surface area contributed by atoms with E-state index in [1.165, 1.54) is 4.90 Å². The molecule has 1 amide bonds. The quantitative estimate of drug-likeness (QED) is 0.308. The number of unbranched alkanes of at least 4 members (excludes halogenated alkanes) is 2. The van der Waals surface area contributed by atoms with Gasteiger partial charge in [0.2, 0.25) is 0 Å². The van der Waals surface area contributed by atoms with Gasteiger partial charge in [-0.3, -0.25) is 14.4 Å². The molecule has 0 bridgehead atoms. The number of carbonyl (C=O) groups excluding carboxylic acids is 2. The zero-order valence-corrected chi connectivity index (χ0v) is 16.0. The van der Waals surface area contributed by atoms with Crippen LogP contribution in [-0.2, 0) is 14.4 Å². The Bertz CT molecular complexity index is 921. The summed E-state index contributed by atoms with van der Waals surface area (Å²) in [7, 11) is 0. The van der Waals surface area contributed by atoms with Gasteiger partial charge in [0.25, 0.3) is 11.7 Å². The van der Waals surface area contributed by atoms with Gasteiger partial charge in [-0.1, -0.05) is 67.1 Å². The van der Waals surface area contributed by atoms with Gasteiger partial charge in [0.05, 0.1) is 11.6 Å². The van der Waals surface area contributed by atoms with Crippen molar-refractivity contribution < 1.29 is 24.6 Å². The molecule has 0 radical (unpaired) electrons. The molecule has 2 aromatic carbocycles. The van der Waals surface area contributed by atoms with E-state index >= 15 is 0 Å². The van der Waals surface area contributed by atoms with Crippen LogP contribution in [0.4, 0.5) is 0 Å². The number of carbonyl (C=O) groups is 3. The van der Waals surface area contributed by atoms with Crippen molar-refractivity contribution in [2.75, 3.05) is 6.54 Å².